The lowest BCUT2D eigenvalue weighted by Gasteiger charge is -2.29. The van der Waals surface area contributed by atoms with E-state index in [2.05, 4.69) is 29.8 Å². The van der Waals surface area contributed by atoms with Crippen molar-refractivity contribution in [3.8, 4) is 16.9 Å². The Balaban J connectivity index is 0.00000324. The van der Waals surface area contributed by atoms with Gasteiger partial charge in [0.1, 0.15) is 17.6 Å². The second kappa shape index (κ2) is 19.3. The van der Waals surface area contributed by atoms with Gasteiger partial charge in [-0.2, -0.15) is 0 Å². The average Bonchev–Trinajstić information content (AvgIpc) is 2.98. The number of anilines is 2. The van der Waals surface area contributed by atoms with E-state index in [-0.39, 0.29) is 23.1 Å². The molecule has 1 heterocycles. The van der Waals surface area contributed by atoms with Crippen molar-refractivity contribution in [2.45, 2.75) is 65.0 Å². The molecule has 1 aliphatic heterocycles. The Morgan fingerprint density at radius 1 is 1.29 bits per heavy atom. The lowest BCUT2D eigenvalue weighted by Crippen LogP contribution is -2.37. The van der Waals surface area contributed by atoms with Crippen molar-refractivity contribution in [3.05, 3.63) is 59.7 Å². The van der Waals surface area contributed by atoms with E-state index in [1.54, 1.807) is 38.2 Å². The summed E-state index contributed by atoms with van der Waals surface area (Å²) in [5.74, 6) is -1.41. The van der Waals surface area contributed by atoms with Gasteiger partial charge in [0.15, 0.2) is 6.10 Å². The predicted octanol–water partition coefficient (Wildman–Crippen LogP) is 4.17. The second-order valence-corrected chi connectivity index (χ2v) is 10.9. The molecule has 2 rings (SSSR count). The quantitative estimate of drug-likeness (QED) is 0.0854. The van der Waals surface area contributed by atoms with E-state index in [9.17, 15) is 24.9 Å². The van der Waals surface area contributed by atoms with Crippen molar-refractivity contribution in [3.63, 3.8) is 0 Å². The maximum Gasteiger partial charge on any atom is 0.405 e. The zero-order valence-electron chi connectivity index (χ0n) is 26.6. The first-order chi connectivity index (χ1) is 21.2. The summed E-state index contributed by atoms with van der Waals surface area (Å²) in [5, 5.41) is 47.5. The Bertz CT molecular complexity index is 1310. The van der Waals surface area contributed by atoms with Crippen LogP contribution in [0, 0.1) is 22.5 Å². The standard InChI is InChI=1S/C31H45N3O8.CHNS/c1-8-12-33-26-21-13-17(2)14-25(41-7)27(36)19(4)15-20(5)29(42-31(32)39)24(40-6)11-9-10-18(3)30(38)34-22(28(21)37)16-23(26)35;2-1-3/h8-11,15-17,19,24-25,27,29,33,35-37H,1,12-14H2,2-7H3,(H2,32,39)(H,34,38);3H/p-1/b11-9-,18-10+,20-15+;/t17-,19+,24+,25+,27-,29+;/m1./s1. The van der Waals surface area contributed by atoms with Crippen LogP contribution in [0.1, 0.15) is 39.7 Å². The molecule has 45 heavy (non-hydrogen) atoms. The first kappa shape index (κ1) is 38.9. The number of allylic oxidation sites excluding steroid dienone is 2. The summed E-state index contributed by atoms with van der Waals surface area (Å²) in [4.78, 5) is 24.7. The molecule has 13 heteroatoms. The van der Waals surface area contributed by atoms with Crippen LogP contribution in [0.25, 0.3) is 0 Å². The Kier molecular flexibility index (Phi) is 16.7. The molecule has 2 amide bonds. The number of rotatable bonds is 6. The van der Waals surface area contributed by atoms with Crippen molar-refractivity contribution < 1.29 is 39.1 Å². The zero-order chi connectivity index (χ0) is 34.3. The number of carbonyl (C=O) groups is 2. The number of fused-ring (bicyclic) bond motifs is 2. The third-order valence-corrected chi connectivity index (χ3v) is 7.25. The highest BCUT2D eigenvalue weighted by Gasteiger charge is 2.30. The number of hydrogen-bond acceptors (Lipinski definition) is 11. The van der Waals surface area contributed by atoms with E-state index < -0.39 is 42.3 Å². The van der Waals surface area contributed by atoms with Crippen molar-refractivity contribution in [2.75, 3.05) is 31.4 Å². The number of amides is 2. The van der Waals surface area contributed by atoms with Crippen LogP contribution in [-0.4, -0.2) is 72.5 Å². The molecule has 0 saturated heterocycles. The molecule has 1 aromatic rings. The molecule has 6 atom stereocenters. The lowest BCUT2D eigenvalue weighted by atomic mass is 9.87. The molecule has 0 spiro atoms. The molecule has 7 N–H and O–H groups in total. The number of aromatic hydroxyl groups is 2. The number of ether oxygens (including phenoxy) is 3. The molecule has 0 radical (unpaired) electrons. The van der Waals surface area contributed by atoms with Crippen LogP contribution in [0.3, 0.4) is 0 Å². The number of nitrogens with zero attached hydrogens (tertiary/aromatic N) is 1. The largest absolute Gasteiger partial charge is 0.696 e. The van der Waals surface area contributed by atoms with Gasteiger partial charge in [-0.05, 0) is 38.2 Å². The van der Waals surface area contributed by atoms with E-state index in [1.807, 2.05) is 13.8 Å². The summed E-state index contributed by atoms with van der Waals surface area (Å²) in [6.45, 7) is 11.1. The summed E-state index contributed by atoms with van der Waals surface area (Å²) >= 11 is 3.70. The minimum atomic E-state index is -0.990. The minimum Gasteiger partial charge on any atom is -0.696 e. The fourth-order valence-corrected chi connectivity index (χ4v) is 4.98. The molecule has 0 aliphatic carbocycles. The number of aliphatic hydroxyl groups excluding tert-OH is 1. The van der Waals surface area contributed by atoms with Crippen LogP contribution < -0.4 is 16.4 Å². The highest BCUT2D eigenvalue weighted by atomic mass is 32.1. The van der Waals surface area contributed by atoms with Gasteiger partial charge in [-0.3, -0.25) is 4.79 Å². The molecule has 248 valence electrons. The van der Waals surface area contributed by atoms with Gasteiger partial charge in [0.2, 0.25) is 0 Å². The number of nitrogens with two attached hydrogens (primary N) is 1. The van der Waals surface area contributed by atoms with Gasteiger partial charge >= 0.3 is 6.09 Å². The Morgan fingerprint density at radius 2 is 1.93 bits per heavy atom. The van der Waals surface area contributed by atoms with Gasteiger partial charge in [-0.1, -0.05) is 49.6 Å². The smallest absolute Gasteiger partial charge is 0.405 e. The summed E-state index contributed by atoms with van der Waals surface area (Å²) in [5.41, 5.74) is 7.01. The van der Waals surface area contributed by atoms with Crippen LogP contribution in [0.5, 0.6) is 11.5 Å². The van der Waals surface area contributed by atoms with Crippen molar-refractivity contribution >= 4 is 36.0 Å². The fourth-order valence-electron chi connectivity index (χ4n) is 4.98. The molecule has 0 saturated carbocycles. The first-order valence-corrected chi connectivity index (χ1v) is 14.6. The van der Waals surface area contributed by atoms with Crippen LogP contribution in [0.4, 0.5) is 16.2 Å². The zero-order valence-corrected chi connectivity index (χ0v) is 27.4. The number of nitriles is 1. The third kappa shape index (κ3) is 11.7. The third-order valence-electron chi connectivity index (χ3n) is 7.25. The Labute approximate surface area is 270 Å². The van der Waals surface area contributed by atoms with E-state index in [0.717, 1.165) is 0 Å². The Morgan fingerprint density at radius 3 is 2.49 bits per heavy atom. The van der Waals surface area contributed by atoms with E-state index in [1.165, 1.54) is 31.8 Å². The van der Waals surface area contributed by atoms with Gasteiger partial charge in [-0.15, -0.1) is 6.58 Å². The number of aliphatic hydroxyl groups is 1. The molecule has 0 unspecified atom stereocenters. The van der Waals surface area contributed by atoms with Gasteiger partial charge in [0.05, 0.1) is 23.6 Å². The summed E-state index contributed by atoms with van der Waals surface area (Å²) in [6, 6.07) is 1.28. The average molecular weight is 646 g/mol. The van der Waals surface area contributed by atoms with E-state index in [4.69, 9.17) is 25.2 Å². The number of benzene rings is 1. The van der Waals surface area contributed by atoms with Gasteiger partial charge in [0, 0.05) is 43.9 Å². The molecular weight excluding hydrogens is 600 g/mol. The normalized spacial score (nSPS) is 27.5. The fraction of sp³-hybridized carbons (Fsp3) is 0.469. The maximum absolute atomic E-state index is 13.0. The number of nitrogens with one attached hydrogen (secondary N) is 2. The molecule has 2 bridgehead atoms. The van der Waals surface area contributed by atoms with Crippen molar-refractivity contribution in [1.29, 1.82) is 5.26 Å². The molecule has 0 fully saturated rings. The number of hydrogen-bond donors (Lipinski definition) is 6. The molecule has 0 aromatic heterocycles. The predicted molar refractivity (Wildman–Crippen MR) is 175 cm³/mol. The molecule has 1 aliphatic rings. The van der Waals surface area contributed by atoms with Gasteiger partial charge in [-0.25, -0.2) is 10.1 Å². The highest BCUT2D eigenvalue weighted by molar-refractivity contribution is 7.64. The summed E-state index contributed by atoms with van der Waals surface area (Å²) in [6.07, 6.45) is 4.64. The number of carbonyl (C=O) groups excluding carboxylic acids is 2. The summed E-state index contributed by atoms with van der Waals surface area (Å²) in [7, 11) is 2.95. The molecular formula is C32H45N4O8S-. The van der Waals surface area contributed by atoms with Crippen LogP contribution >= 0.6 is 0 Å². The van der Waals surface area contributed by atoms with Gasteiger partial charge < -0.3 is 58.5 Å². The summed E-state index contributed by atoms with van der Waals surface area (Å²) < 4.78 is 16.6. The SMILES string of the molecule is C=CCNc1c(O)cc2c(O)c1C[C@@H](C)C[C@H](OC)[C@H](O)[C@@H](C)/C=C(\C)[C@H](OC(N)=O)[C@@H](OC)/C=C\C=C(/C)C(=O)N2.N#C[S-]. The van der Waals surface area contributed by atoms with Crippen molar-refractivity contribution in [1.82, 2.24) is 0 Å². The molecule has 1 aromatic carbocycles. The molecule has 12 nitrogen and oxygen atoms in total. The van der Waals surface area contributed by atoms with E-state index >= 15 is 0 Å². The van der Waals surface area contributed by atoms with Crippen LogP contribution in [-0.2, 0) is 38.1 Å². The number of phenols is 2. The van der Waals surface area contributed by atoms with Crippen molar-refractivity contribution in [2.24, 2.45) is 17.6 Å². The van der Waals surface area contributed by atoms with Crippen LogP contribution in [0.15, 0.2) is 54.2 Å². The van der Waals surface area contributed by atoms with Gasteiger partial charge in [0.25, 0.3) is 5.91 Å². The number of thiocyanates is 1. The first-order valence-electron chi connectivity index (χ1n) is 14.2. The highest BCUT2D eigenvalue weighted by Crippen LogP contribution is 2.42. The second-order valence-electron chi connectivity index (χ2n) is 10.7. The number of methoxy groups -OCH3 is 2. The minimum absolute atomic E-state index is 0.0416. The van der Waals surface area contributed by atoms with Crippen LogP contribution in [0.2, 0.25) is 0 Å². The monoisotopic (exact) mass is 645 g/mol. The lowest BCUT2D eigenvalue weighted by molar-refractivity contribution is -0.112. The van der Waals surface area contributed by atoms with E-state index in [0.29, 0.717) is 41.8 Å². The number of phenolic OH excluding ortho intramolecular Hbond substituents is 2. The number of primary amides is 1. The Hall–Kier alpha value is -4.09. The maximum atomic E-state index is 13.0. The topological polar surface area (TPSA) is 196 Å².